The van der Waals surface area contributed by atoms with E-state index in [0.717, 1.165) is 22.6 Å². The quantitative estimate of drug-likeness (QED) is 0.390. The maximum Gasteiger partial charge on any atom is 0.292 e. The highest BCUT2D eigenvalue weighted by molar-refractivity contribution is 7.98. The first kappa shape index (κ1) is 15.9. The molecule has 0 saturated heterocycles. The highest BCUT2D eigenvalue weighted by Gasteiger charge is 2.16. The lowest BCUT2D eigenvalue weighted by Gasteiger charge is -2.05. The number of rotatable bonds is 5. The van der Waals surface area contributed by atoms with Crippen LogP contribution < -0.4 is 4.74 Å². The van der Waals surface area contributed by atoms with Crippen molar-refractivity contribution in [2.45, 2.75) is 10.6 Å². The molecule has 25 heavy (non-hydrogen) atoms. The molecule has 0 aliphatic carbocycles. The predicted molar refractivity (Wildman–Crippen MR) is 104 cm³/mol. The van der Waals surface area contributed by atoms with Crippen molar-refractivity contribution in [3.05, 3.63) is 84.6 Å². The van der Waals surface area contributed by atoms with Gasteiger partial charge in [0.2, 0.25) is 0 Å². The zero-order chi connectivity index (χ0) is 17.1. The molecule has 0 unspecified atom stereocenters. The van der Waals surface area contributed by atoms with Gasteiger partial charge in [-0.1, -0.05) is 60.7 Å². The Morgan fingerprint density at radius 1 is 0.840 bits per heavy atom. The Labute approximate surface area is 151 Å². The van der Waals surface area contributed by atoms with E-state index in [4.69, 9.17) is 9.15 Å². The van der Waals surface area contributed by atoms with Crippen LogP contribution in [0.15, 0.2) is 88.2 Å². The predicted octanol–water partition coefficient (Wildman–Crippen LogP) is 6.40. The molecule has 0 aliphatic rings. The van der Waals surface area contributed by atoms with Crippen LogP contribution in [0.25, 0.3) is 21.9 Å². The van der Waals surface area contributed by atoms with Crippen molar-refractivity contribution in [1.82, 2.24) is 0 Å². The minimum absolute atomic E-state index is 0.569. The third kappa shape index (κ3) is 3.28. The highest BCUT2D eigenvalue weighted by atomic mass is 32.2. The van der Waals surface area contributed by atoms with Gasteiger partial charge in [-0.15, -0.1) is 11.8 Å². The van der Waals surface area contributed by atoms with Crippen LogP contribution in [0.5, 0.6) is 5.95 Å². The summed E-state index contributed by atoms with van der Waals surface area (Å²) in [6.07, 6.45) is 0. The second-order valence-electron chi connectivity index (χ2n) is 5.75. The minimum atomic E-state index is 0.569. The molecule has 1 heterocycles. The van der Waals surface area contributed by atoms with Gasteiger partial charge in [-0.2, -0.15) is 0 Å². The molecular weight excluding hydrogens is 328 g/mol. The minimum Gasteiger partial charge on any atom is -0.468 e. The Morgan fingerprint density at radius 2 is 1.60 bits per heavy atom. The average Bonchev–Trinajstić information content (AvgIpc) is 3.10. The summed E-state index contributed by atoms with van der Waals surface area (Å²) in [4.78, 5) is 1.23. The molecule has 0 N–H and O–H groups in total. The van der Waals surface area contributed by atoms with Gasteiger partial charge < -0.3 is 9.15 Å². The molecule has 1 aromatic heterocycles. The molecule has 124 valence electrons. The fourth-order valence-electron chi connectivity index (χ4n) is 2.97. The topological polar surface area (TPSA) is 22.4 Å². The van der Waals surface area contributed by atoms with Crippen LogP contribution in [0.4, 0.5) is 0 Å². The zero-order valence-corrected chi connectivity index (χ0v) is 14.8. The molecule has 0 radical (unpaired) electrons. The van der Waals surface area contributed by atoms with E-state index in [9.17, 15) is 0 Å². The number of ether oxygens (including phenoxy) is 1. The third-order valence-corrected chi connectivity index (χ3v) is 5.17. The Bertz CT molecular complexity index is 984. The molecule has 0 spiro atoms. The van der Waals surface area contributed by atoms with Crippen LogP contribution in [-0.4, -0.2) is 7.11 Å². The summed E-state index contributed by atoms with van der Waals surface area (Å²) in [6, 6.07) is 27.1. The maximum atomic E-state index is 5.95. The number of hydrogen-bond donors (Lipinski definition) is 0. The smallest absolute Gasteiger partial charge is 0.292 e. The molecule has 0 atom stereocenters. The van der Waals surface area contributed by atoms with E-state index >= 15 is 0 Å². The van der Waals surface area contributed by atoms with Crippen LogP contribution in [0.1, 0.15) is 5.76 Å². The Balaban J connectivity index is 1.69. The first-order chi connectivity index (χ1) is 12.3. The molecule has 3 heteroatoms. The third-order valence-electron chi connectivity index (χ3n) is 4.14. The standard InChI is InChI=1S/C22H18O2S/c1-23-22-21(20-13-7-9-16-8-5-6-12-19(16)20)14-17(24-22)15-25-18-10-3-2-4-11-18/h2-14H,15H2,1H3. The van der Waals surface area contributed by atoms with Crippen molar-refractivity contribution in [1.29, 1.82) is 0 Å². The average molecular weight is 346 g/mol. The molecule has 4 aromatic rings. The van der Waals surface area contributed by atoms with Crippen LogP contribution >= 0.6 is 11.8 Å². The monoisotopic (exact) mass is 346 g/mol. The van der Waals surface area contributed by atoms with E-state index in [2.05, 4.69) is 60.7 Å². The molecule has 0 aliphatic heterocycles. The van der Waals surface area contributed by atoms with Crippen LogP contribution in [-0.2, 0) is 5.75 Å². The van der Waals surface area contributed by atoms with E-state index in [0.29, 0.717) is 5.95 Å². The fraction of sp³-hybridized carbons (Fsp3) is 0.0909. The van der Waals surface area contributed by atoms with Gasteiger partial charge in [0.1, 0.15) is 5.76 Å². The summed E-state index contributed by atoms with van der Waals surface area (Å²) in [5.74, 6) is 2.25. The van der Waals surface area contributed by atoms with Gasteiger partial charge in [0, 0.05) is 4.90 Å². The van der Waals surface area contributed by atoms with E-state index in [-0.39, 0.29) is 0 Å². The normalized spacial score (nSPS) is 10.9. The molecule has 2 nitrogen and oxygen atoms in total. The summed E-state index contributed by atoms with van der Waals surface area (Å²) < 4.78 is 11.5. The number of thioether (sulfide) groups is 1. The van der Waals surface area contributed by atoms with Gasteiger partial charge >= 0.3 is 0 Å². The van der Waals surface area contributed by atoms with E-state index in [1.807, 2.05) is 18.2 Å². The first-order valence-corrected chi connectivity index (χ1v) is 9.16. The van der Waals surface area contributed by atoms with Crippen molar-refractivity contribution in [2.24, 2.45) is 0 Å². The van der Waals surface area contributed by atoms with Gasteiger partial charge in [-0.25, -0.2) is 0 Å². The van der Waals surface area contributed by atoms with E-state index in [1.165, 1.54) is 15.7 Å². The van der Waals surface area contributed by atoms with Crippen LogP contribution in [0.3, 0.4) is 0 Å². The molecule has 0 saturated carbocycles. The molecule has 0 amide bonds. The highest BCUT2D eigenvalue weighted by Crippen LogP contribution is 2.38. The van der Waals surface area contributed by atoms with Crippen molar-refractivity contribution < 1.29 is 9.15 Å². The number of hydrogen-bond acceptors (Lipinski definition) is 3. The van der Waals surface area contributed by atoms with Crippen molar-refractivity contribution in [3.63, 3.8) is 0 Å². The summed E-state index contributed by atoms with van der Waals surface area (Å²) in [5.41, 5.74) is 2.14. The largest absolute Gasteiger partial charge is 0.468 e. The second kappa shape index (κ2) is 7.08. The van der Waals surface area contributed by atoms with Crippen LogP contribution in [0, 0.1) is 0 Å². The lowest BCUT2D eigenvalue weighted by molar-refractivity contribution is 0.299. The molecule has 0 fully saturated rings. The summed E-state index contributed by atoms with van der Waals surface area (Å²) in [5, 5.41) is 2.41. The number of benzene rings is 3. The van der Waals surface area contributed by atoms with Gasteiger partial charge in [-0.3, -0.25) is 0 Å². The molecule has 4 rings (SSSR count). The van der Waals surface area contributed by atoms with Crippen molar-refractivity contribution in [2.75, 3.05) is 7.11 Å². The van der Waals surface area contributed by atoms with Gasteiger partial charge in [0.25, 0.3) is 5.95 Å². The second-order valence-corrected chi connectivity index (χ2v) is 6.80. The number of furan rings is 1. The zero-order valence-electron chi connectivity index (χ0n) is 13.9. The lowest BCUT2D eigenvalue weighted by atomic mass is 10.00. The number of fused-ring (bicyclic) bond motifs is 1. The lowest BCUT2D eigenvalue weighted by Crippen LogP contribution is -1.84. The van der Waals surface area contributed by atoms with Gasteiger partial charge in [0.15, 0.2) is 0 Å². The molecule has 0 bridgehead atoms. The van der Waals surface area contributed by atoms with Gasteiger partial charge in [0.05, 0.1) is 18.4 Å². The number of methoxy groups -OCH3 is 1. The van der Waals surface area contributed by atoms with E-state index < -0.39 is 0 Å². The molecule has 3 aromatic carbocycles. The van der Waals surface area contributed by atoms with Crippen LogP contribution in [0.2, 0.25) is 0 Å². The van der Waals surface area contributed by atoms with Gasteiger partial charge in [-0.05, 0) is 34.5 Å². The Hall–Kier alpha value is -2.65. The Morgan fingerprint density at radius 3 is 2.44 bits per heavy atom. The van der Waals surface area contributed by atoms with E-state index in [1.54, 1.807) is 18.9 Å². The molecular formula is C22H18O2S. The Kier molecular flexibility index (Phi) is 4.49. The van der Waals surface area contributed by atoms with Crippen molar-refractivity contribution >= 4 is 22.5 Å². The first-order valence-electron chi connectivity index (χ1n) is 8.18. The van der Waals surface area contributed by atoms with Crippen molar-refractivity contribution in [3.8, 4) is 17.1 Å². The maximum absolute atomic E-state index is 5.95. The summed E-state index contributed by atoms with van der Waals surface area (Å²) >= 11 is 1.76. The summed E-state index contributed by atoms with van der Waals surface area (Å²) in [7, 11) is 1.65. The SMILES string of the molecule is COc1oc(CSc2ccccc2)cc1-c1cccc2ccccc12. The fourth-order valence-corrected chi connectivity index (χ4v) is 3.77. The summed E-state index contributed by atoms with van der Waals surface area (Å²) in [6.45, 7) is 0.